The molecule has 0 radical (unpaired) electrons. The number of aryl methyl sites for hydroxylation is 1. The van der Waals surface area contributed by atoms with Crippen molar-refractivity contribution < 1.29 is 4.39 Å². The van der Waals surface area contributed by atoms with Gasteiger partial charge in [-0.3, -0.25) is 0 Å². The average Bonchev–Trinajstić information content (AvgIpc) is 2.23. The zero-order valence-electron chi connectivity index (χ0n) is 9.45. The molecule has 1 heterocycles. The monoisotopic (exact) mass is 205 g/mol. The van der Waals surface area contributed by atoms with Crippen LogP contribution in [0.15, 0.2) is 17.7 Å². The van der Waals surface area contributed by atoms with Crippen molar-refractivity contribution in [1.29, 1.82) is 0 Å². The predicted octanol–water partition coefficient (Wildman–Crippen LogP) is 3.61. The second-order valence-corrected chi connectivity index (χ2v) is 4.11. The molecule has 1 aliphatic heterocycles. The largest absolute Gasteiger partial charge is 0.378 e. The van der Waals surface area contributed by atoms with Gasteiger partial charge >= 0.3 is 0 Å². The fourth-order valence-electron chi connectivity index (χ4n) is 1.93. The SMILES string of the molecule is CCc1cc(F)c2c(c1)C(C)=C(C)CN2. The lowest BCUT2D eigenvalue weighted by Crippen LogP contribution is -2.13. The molecule has 1 aromatic carbocycles. The Morgan fingerprint density at radius 2 is 2.07 bits per heavy atom. The molecule has 0 aromatic heterocycles. The summed E-state index contributed by atoms with van der Waals surface area (Å²) in [6.45, 7) is 6.94. The second kappa shape index (κ2) is 3.69. The van der Waals surface area contributed by atoms with Gasteiger partial charge in [0.05, 0.1) is 5.69 Å². The molecule has 80 valence electrons. The maximum absolute atomic E-state index is 13.7. The summed E-state index contributed by atoms with van der Waals surface area (Å²) in [6, 6.07) is 3.71. The maximum Gasteiger partial charge on any atom is 0.147 e. The Morgan fingerprint density at radius 3 is 2.73 bits per heavy atom. The van der Waals surface area contributed by atoms with Crippen LogP contribution in [0.5, 0.6) is 0 Å². The lowest BCUT2D eigenvalue weighted by atomic mass is 9.94. The van der Waals surface area contributed by atoms with Gasteiger partial charge in [0, 0.05) is 12.1 Å². The summed E-state index contributed by atoms with van der Waals surface area (Å²) in [7, 11) is 0. The number of hydrogen-bond acceptors (Lipinski definition) is 1. The number of allylic oxidation sites excluding steroid dienone is 1. The zero-order chi connectivity index (χ0) is 11.0. The van der Waals surface area contributed by atoms with E-state index >= 15 is 0 Å². The van der Waals surface area contributed by atoms with Crippen LogP contribution in [-0.4, -0.2) is 6.54 Å². The maximum atomic E-state index is 13.7. The predicted molar refractivity (Wildman–Crippen MR) is 62.5 cm³/mol. The number of fused-ring (bicyclic) bond motifs is 1. The lowest BCUT2D eigenvalue weighted by molar-refractivity contribution is 0.627. The summed E-state index contributed by atoms with van der Waals surface area (Å²) < 4.78 is 13.7. The Morgan fingerprint density at radius 1 is 1.33 bits per heavy atom. The zero-order valence-corrected chi connectivity index (χ0v) is 9.45. The third-order valence-electron chi connectivity index (χ3n) is 3.13. The van der Waals surface area contributed by atoms with E-state index in [1.54, 1.807) is 6.07 Å². The third-order valence-corrected chi connectivity index (χ3v) is 3.13. The van der Waals surface area contributed by atoms with E-state index in [-0.39, 0.29) is 5.82 Å². The minimum atomic E-state index is -0.129. The van der Waals surface area contributed by atoms with Gasteiger partial charge < -0.3 is 5.32 Å². The summed E-state index contributed by atoms with van der Waals surface area (Å²) in [5, 5.41) is 3.13. The van der Waals surface area contributed by atoms with E-state index in [4.69, 9.17) is 0 Å². The van der Waals surface area contributed by atoms with E-state index in [0.29, 0.717) is 5.69 Å². The van der Waals surface area contributed by atoms with Crippen LogP contribution in [-0.2, 0) is 6.42 Å². The first-order valence-electron chi connectivity index (χ1n) is 5.36. The average molecular weight is 205 g/mol. The molecule has 0 fully saturated rings. The quantitative estimate of drug-likeness (QED) is 0.738. The van der Waals surface area contributed by atoms with Crippen molar-refractivity contribution >= 4 is 11.3 Å². The van der Waals surface area contributed by atoms with Gasteiger partial charge in [0.1, 0.15) is 5.82 Å². The Labute approximate surface area is 90.0 Å². The molecule has 0 atom stereocenters. The Balaban J connectivity index is 2.63. The smallest absolute Gasteiger partial charge is 0.147 e. The molecular formula is C13H16FN. The van der Waals surface area contributed by atoms with Gasteiger partial charge in [0.25, 0.3) is 0 Å². The highest BCUT2D eigenvalue weighted by atomic mass is 19.1. The molecule has 1 aliphatic rings. The van der Waals surface area contributed by atoms with Crippen molar-refractivity contribution in [3.63, 3.8) is 0 Å². The van der Waals surface area contributed by atoms with Crippen LogP contribution in [0, 0.1) is 5.82 Å². The Kier molecular flexibility index (Phi) is 2.51. The van der Waals surface area contributed by atoms with Gasteiger partial charge in [0.15, 0.2) is 0 Å². The minimum absolute atomic E-state index is 0.129. The van der Waals surface area contributed by atoms with E-state index in [1.165, 1.54) is 11.1 Å². The first kappa shape index (κ1) is 10.2. The van der Waals surface area contributed by atoms with Crippen molar-refractivity contribution in [3.05, 3.63) is 34.6 Å². The van der Waals surface area contributed by atoms with Gasteiger partial charge in [-0.15, -0.1) is 0 Å². The van der Waals surface area contributed by atoms with Crippen molar-refractivity contribution in [2.75, 3.05) is 11.9 Å². The number of hydrogen-bond donors (Lipinski definition) is 1. The molecule has 0 spiro atoms. The number of anilines is 1. The first-order chi connectivity index (χ1) is 7.13. The van der Waals surface area contributed by atoms with Crippen LogP contribution in [0.25, 0.3) is 5.57 Å². The molecule has 0 unspecified atom stereocenters. The molecule has 2 heteroatoms. The van der Waals surface area contributed by atoms with Crippen LogP contribution in [0.1, 0.15) is 31.9 Å². The van der Waals surface area contributed by atoms with Crippen LogP contribution in [0.2, 0.25) is 0 Å². The summed E-state index contributed by atoms with van der Waals surface area (Å²) in [5.74, 6) is -0.129. The standard InChI is InChI=1S/C13H16FN/c1-4-10-5-11-9(3)8(2)7-15-13(11)12(14)6-10/h5-6,15H,4,7H2,1-3H3. The number of nitrogens with one attached hydrogen (secondary N) is 1. The molecule has 0 saturated carbocycles. The number of halogens is 1. The van der Waals surface area contributed by atoms with Crippen molar-refractivity contribution in [1.82, 2.24) is 0 Å². The van der Waals surface area contributed by atoms with Gasteiger partial charge in [0.2, 0.25) is 0 Å². The van der Waals surface area contributed by atoms with E-state index in [9.17, 15) is 4.39 Å². The molecule has 1 nitrogen and oxygen atoms in total. The molecule has 2 rings (SSSR count). The number of rotatable bonds is 1. The molecule has 0 bridgehead atoms. The Bertz CT molecular complexity index is 432. The lowest BCUT2D eigenvalue weighted by Gasteiger charge is -2.22. The van der Waals surface area contributed by atoms with E-state index in [2.05, 4.69) is 25.2 Å². The van der Waals surface area contributed by atoms with Crippen LogP contribution in [0.4, 0.5) is 10.1 Å². The fraction of sp³-hybridized carbons (Fsp3) is 0.385. The highest BCUT2D eigenvalue weighted by molar-refractivity contribution is 5.81. The summed E-state index contributed by atoms with van der Waals surface area (Å²) in [4.78, 5) is 0. The minimum Gasteiger partial charge on any atom is -0.378 e. The highest BCUT2D eigenvalue weighted by Gasteiger charge is 2.17. The van der Waals surface area contributed by atoms with Crippen molar-refractivity contribution in [2.24, 2.45) is 0 Å². The molecule has 1 N–H and O–H groups in total. The molecule has 0 amide bonds. The van der Waals surface area contributed by atoms with Gasteiger partial charge in [-0.2, -0.15) is 0 Å². The molecule has 0 aliphatic carbocycles. The normalized spacial score (nSPS) is 14.9. The highest BCUT2D eigenvalue weighted by Crippen LogP contribution is 2.33. The molecule has 15 heavy (non-hydrogen) atoms. The first-order valence-corrected chi connectivity index (χ1v) is 5.36. The Hall–Kier alpha value is -1.31. The third kappa shape index (κ3) is 1.65. The fourth-order valence-corrected chi connectivity index (χ4v) is 1.93. The molecule has 0 saturated heterocycles. The van der Waals surface area contributed by atoms with E-state index in [1.807, 2.05) is 6.92 Å². The topological polar surface area (TPSA) is 12.0 Å². The van der Waals surface area contributed by atoms with Crippen LogP contribution in [0.3, 0.4) is 0 Å². The summed E-state index contributed by atoms with van der Waals surface area (Å²) in [6.07, 6.45) is 0.872. The van der Waals surface area contributed by atoms with E-state index < -0.39 is 0 Å². The van der Waals surface area contributed by atoms with Gasteiger partial charge in [-0.25, -0.2) is 4.39 Å². The van der Waals surface area contributed by atoms with Crippen LogP contribution >= 0.6 is 0 Å². The van der Waals surface area contributed by atoms with Gasteiger partial charge in [-0.1, -0.05) is 12.5 Å². The molecule has 1 aromatic rings. The van der Waals surface area contributed by atoms with E-state index in [0.717, 1.165) is 24.1 Å². The summed E-state index contributed by atoms with van der Waals surface area (Å²) >= 11 is 0. The second-order valence-electron chi connectivity index (χ2n) is 4.11. The van der Waals surface area contributed by atoms with Crippen molar-refractivity contribution in [3.8, 4) is 0 Å². The van der Waals surface area contributed by atoms with Gasteiger partial charge in [-0.05, 0) is 43.5 Å². The van der Waals surface area contributed by atoms with Crippen molar-refractivity contribution in [2.45, 2.75) is 27.2 Å². The molecular weight excluding hydrogens is 189 g/mol. The number of benzene rings is 1. The summed E-state index contributed by atoms with van der Waals surface area (Å²) in [5.41, 5.74) is 5.24. The van der Waals surface area contributed by atoms with Crippen LogP contribution < -0.4 is 5.32 Å².